The summed E-state index contributed by atoms with van der Waals surface area (Å²) < 4.78 is 7.38. The maximum Gasteiger partial charge on any atom is 0.235 e. The Kier molecular flexibility index (Phi) is 3.92. The lowest BCUT2D eigenvalue weighted by Crippen LogP contribution is -1.94. The average Bonchev–Trinajstić information content (AvgIpc) is 3.22. The van der Waals surface area contributed by atoms with Crippen molar-refractivity contribution in [2.45, 2.75) is 13.3 Å². The second kappa shape index (κ2) is 6.37. The second-order valence-electron chi connectivity index (χ2n) is 5.24. The van der Waals surface area contributed by atoms with Crippen molar-refractivity contribution in [2.24, 2.45) is 0 Å². The van der Waals surface area contributed by atoms with Crippen LogP contribution in [-0.2, 0) is 0 Å². The van der Waals surface area contributed by atoms with Gasteiger partial charge >= 0.3 is 0 Å². The third kappa shape index (κ3) is 2.74. The zero-order valence-electron chi connectivity index (χ0n) is 13.1. The van der Waals surface area contributed by atoms with Crippen LogP contribution < -0.4 is 4.74 Å². The van der Waals surface area contributed by atoms with Crippen molar-refractivity contribution in [2.75, 3.05) is 6.61 Å². The minimum atomic E-state index is 0.698. The maximum absolute atomic E-state index is 5.62. The molecule has 0 saturated heterocycles. The number of fused-ring (bicyclic) bond motifs is 1. The molecule has 0 aliphatic heterocycles. The summed E-state index contributed by atoms with van der Waals surface area (Å²) in [7, 11) is 0. The van der Waals surface area contributed by atoms with Gasteiger partial charge in [-0.05, 0) is 42.8 Å². The molecule has 0 saturated carbocycles. The summed E-state index contributed by atoms with van der Waals surface area (Å²) in [5.41, 5.74) is 1.93. The van der Waals surface area contributed by atoms with Gasteiger partial charge in [0, 0.05) is 23.5 Å². The topological polar surface area (TPSA) is 65.2 Å². The summed E-state index contributed by atoms with van der Waals surface area (Å²) in [5, 5.41) is 14.0. The molecule has 0 atom stereocenters. The molecule has 6 nitrogen and oxygen atoms in total. The number of pyridine rings is 1. The molecule has 1 aromatic carbocycles. The van der Waals surface area contributed by atoms with Crippen molar-refractivity contribution in [3.63, 3.8) is 0 Å². The first-order chi connectivity index (χ1) is 11.8. The molecule has 0 bridgehead atoms. The number of nitrogens with zero attached hydrogens (tertiary/aromatic N) is 5. The van der Waals surface area contributed by atoms with Crippen LogP contribution in [0.15, 0.2) is 48.8 Å². The maximum atomic E-state index is 5.62. The SMILES string of the molecule is CCCOc1ccc(-c2nn3c(-c4cccnc4)nnc3s2)cc1. The molecule has 0 unspecified atom stereocenters. The number of aromatic nitrogens is 5. The molecule has 4 aromatic rings. The first-order valence-electron chi connectivity index (χ1n) is 7.71. The van der Waals surface area contributed by atoms with Crippen LogP contribution >= 0.6 is 11.3 Å². The van der Waals surface area contributed by atoms with Gasteiger partial charge in [0.2, 0.25) is 4.96 Å². The number of benzene rings is 1. The molecule has 0 N–H and O–H groups in total. The van der Waals surface area contributed by atoms with E-state index in [0.29, 0.717) is 5.82 Å². The van der Waals surface area contributed by atoms with E-state index in [-0.39, 0.29) is 0 Å². The van der Waals surface area contributed by atoms with Gasteiger partial charge in [0.15, 0.2) is 5.82 Å². The predicted molar refractivity (Wildman–Crippen MR) is 93.1 cm³/mol. The normalized spacial score (nSPS) is 11.0. The van der Waals surface area contributed by atoms with Crippen LogP contribution in [0.5, 0.6) is 5.75 Å². The Morgan fingerprint density at radius 3 is 2.71 bits per heavy atom. The summed E-state index contributed by atoms with van der Waals surface area (Å²) in [6, 6.07) is 11.8. The van der Waals surface area contributed by atoms with Crippen molar-refractivity contribution < 1.29 is 4.74 Å². The lowest BCUT2D eigenvalue weighted by Gasteiger charge is -2.04. The summed E-state index contributed by atoms with van der Waals surface area (Å²) in [6.07, 6.45) is 4.49. The highest BCUT2D eigenvalue weighted by molar-refractivity contribution is 7.19. The minimum absolute atomic E-state index is 0.698. The van der Waals surface area contributed by atoms with Crippen molar-refractivity contribution in [1.29, 1.82) is 0 Å². The molecule has 24 heavy (non-hydrogen) atoms. The van der Waals surface area contributed by atoms with Crippen molar-refractivity contribution in [3.05, 3.63) is 48.8 Å². The quantitative estimate of drug-likeness (QED) is 0.555. The molecule has 4 rings (SSSR count). The van der Waals surface area contributed by atoms with Gasteiger partial charge in [-0.25, -0.2) is 0 Å². The number of hydrogen-bond acceptors (Lipinski definition) is 6. The summed E-state index contributed by atoms with van der Waals surface area (Å²) >= 11 is 1.51. The molecular weight excluding hydrogens is 322 g/mol. The largest absolute Gasteiger partial charge is 0.494 e. The minimum Gasteiger partial charge on any atom is -0.494 e. The van der Waals surface area contributed by atoms with Crippen LogP contribution in [0.4, 0.5) is 0 Å². The molecule has 0 spiro atoms. The van der Waals surface area contributed by atoms with E-state index >= 15 is 0 Å². The Hall–Kier alpha value is -2.80. The van der Waals surface area contributed by atoms with Crippen LogP contribution in [0.2, 0.25) is 0 Å². The van der Waals surface area contributed by atoms with E-state index in [1.54, 1.807) is 16.9 Å². The molecular formula is C17H15N5OS. The predicted octanol–water partition coefficient (Wildman–Crippen LogP) is 3.70. The van der Waals surface area contributed by atoms with Crippen molar-refractivity contribution in [3.8, 4) is 27.7 Å². The third-order valence-electron chi connectivity index (χ3n) is 3.48. The van der Waals surface area contributed by atoms with Crippen molar-refractivity contribution >= 4 is 16.3 Å². The molecule has 120 valence electrons. The zero-order chi connectivity index (χ0) is 16.4. The first kappa shape index (κ1) is 14.8. The Morgan fingerprint density at radius 2 is 1.96 bits per heavy atom. The fourth-order valence-electron chi connectivity index (χ4n) is 2.32. The fourth-order valence-corrected chi connectivity index (χ4v) is 3.17. The van der Waals surface area contributed by atoms with Crippen LogP contribution in [0.25, 0.3) is 26.9 Å². The Bertz CT molecular complexity index is 946. The lowest BCUT2D eigenvalue weighted by atomic mass is 10.2. The number of hydrogen-bond donors (Lipinski definition) is 0. The highest BCUT2D eigenvalue weighted by Crippen LogP contribution is 2.29. The third-order valence-corrected chi connectivity index (χ3v) is 4.43. The first-order valence-corrected chi connectivity index (χ1v) is 8.52. The van der Waals surface area contributed by atoms with Gasteiger partial charge in [-0.3, -0.25) is 4.98 Å². The van der Waals surface area contributed by atoms with Gasteiger partial charge in [-0.1, -0.05) is 18.3 Å². The van der Waals surface area contributed by atoms with E-state index in [2.05, 4.69) is 27.2 Å². The molecule has 7 heteroatoms. The van der Waals surface area contributed by atoms with Gasteiger partial charge in [-0.2, -0.15) is 9.61 Å². The molecule has 0 aliphatic rings. The van der Waals surface area contributed by atoms with E-state index in [9.17, 15) is 0 Å². The summed E-state index contributed by atoms with van der Waals surface area (Å²) in [5.74, 6) is 1.57. The van der Waals surface area contributed by atoms with E-state index in [4.69, 9.17) is 4.74 Å². The van der Waals surface area contributed by atoms with Gasteiger partial charge in [0.25, 0.3) is 0 Å². The van der Waals surface area contributed by atoms with Gasteiger partial charge < -0.3 is 4.74 Å². The molecule has 3 aromatic heterocycles. The van der Waals surface area contributed by atoms with Crippen molar-refractivity contribution in [1.82, 2.24) is 24.8 Å². The lowest BCUT2D eigenvalue weighted by molar-refractivity contribution is 0.317. The summed E-state index contributed by atoms with van der Waals surface area (Å²) in [6.45, 7) is 2.82. The monoisotopic (exact) mass is 337 g/mol. The molecule has 0 aliphatic carbocycles. The standard InChI is InChI=1S/C17H15N5OS/c1-2-10-23-14-7-5-12(6-8-14)16-21-22-15(19-20-17(22)24-16)13-4-3-9-18-11-13/h3-9,11H,2,10H2,1H3. The smallest absolute Gasteiger partial charge is 0.235 e. The van der Waals surface area contributed by atoms with Crippen LogP contribution in [0, 0.1) is 0 Å². The Balaban J connectivity index is 1.67. The van der Waals surface area contributed by atoms with Crippen LogP contribution in [0.3, 0.4) is 0 Å². The fraction of sp³-hybridized carbons (Fsp3) is 0.176. The van der Waals surface area contributed by atoms with E-state index in [1.807, 2.05) is 36.4 Å². The average molecular weight is 337 g/mol. The van der Waals surface area contributed by atoms with E-state index in [1.165, 1.54) is 11.3 Å². The van der Waals surface area contributed by atoms with Gasteiger partial charge in [0.05, 0.1) is 6.61 Å². The molecule has 0 radical (unpaired) electrons. The summed E-state index contributed by atoms with van der Waals surface area (Å²) in [4.78, 5) is 4.89. The van der Waals surface area contributed by atoms with Gasteiger partial charge in [0.1, 0.15) is 10.8 Å². The molecule has 3 heterocycles. The Morgan fingerprint density at radius 1 is 1.08 bits per heavy atom. The van der Waals surface area contributed by atoms with Gasteiger partial charge in [-0.15, -0.1) is 10.2 Å². The zero-order valence-corrected chi connectivity index (χ0v) is 13.9. The van der Waals surface area contributed by atoms with E-state index in [0.717, 1.165) is 39.9 Å². The number of ether oxygens (including phenoxy) is 1. The Labute approximate surface area is 142 Å². The van der Waals surface area contributed by atoms with Crippen LogP contribution in [-0.4, -0.2) is 31.4 Å². The number of rotatable bonds is 5. The highest BCUT2D eigenvalue weighted by atomic mass is 32.1. The van der Waals surface area contributed by atoms with Crippen LogP contribution in [0.1, 0.15) is 13.3 Å². The second-order valence-corrected chi connectivity index (χ2v) is 6.20. The van der Waals surface area contributed by atoms with E-state index < -0.39 is 0 Å². The molecule has 0 fully saturated rings. The highest BCUT2D eigenvalue weighted by Gasteiger charge is 2.14. The molecule has 0 amide bonds.